The topological polar surface area (TPSA) is 31.4 Å². The van der Waals surface area contributed by atoms with E-state index in [0.29, 0.717) is 25.0 Å². The molecule has 2 aromatic rings. The van der Waals surface area contributed by atoms with Gasteiger partial charge in [-0.25, -0.2) is 4.98 Å². The Labute approximate surface area is 120 Å². The molecule has 0 atom stereocenters. The van der Waals surface area contributed by atoms with E-state index in [1.807, 2.05) is 30.3 Å². The maximum absolute atomic E-state index is 5.90. The largest absolute Gasteiger partial charge is 0.493 e. The van der Waals surface area contributed by atoms with Crippen LogP contribution in [0.3, 0.4) is 0 Å². The average Bonchev–Trinajstić information content (AvgIpc) is 2.44. The van der Waals surface area contributed by atoms with Gasteiger partial charge < -0.3 is 9.47 Å². The Bertz CT molecular complexity index is 578. The van der Waals surface area contributed by atoms with E-state index in [1.165, 1.54) is 0 Å². The molecule has 0 unspecified atom stereocenters. The van der Waals surface area contributed by atoms with Crippen molar-refractivity contribution in [3.05, 3.63) is 43.0 Å². The molecule has 3 heteroatoms. The third-order valence-corrected chi connectivity index (χ3v) is 2.96. The fourth-order valence-electron chi connectivity index (χ4n) is 1.86. The van der Waals surface area contributed by atoms with Crippen LogP contribution in [0.4, 0.5) is 0 Å². The number of aromatic nitrogens is 1. The van der Waals surface area contributed by atoms with Crippen LogP contribution in [0.5, 0.6) is 11.6 Å². The summed E-state index contributed by atoms with van der Waals surface area (Å²) in [7, 11) is 0. The minimum atomic E-state index is 0.441. The van der Waals surface area contributed by atoms with Crippen LogP contribution in [0.15, 0.2) is 43.0 Å². The number of benzene rings is 1. The average molecular weight is 271 g/mol. The van der Waals surface area contributed by atoms with Gasteiger partial charge in [-0.05, 0) is 24.5 Å². The second-order valence-corrected chi connectivity index (χ2v) is 5.11. The summed E-state index contributed by atoms with van der Waals surface area (Å²) in [6, 6.07) is 9.79. The van der Waals surface area contributed by atoms with Gasteiger partial charge in [-0.3, -0.25) is 0 Å². The van der Waals surface area contributed by atoms with Gasteiger partial charge in [0.1, 0.15) is 12.4 Å². The molecule has 2 rings (SSSR count). The minimum Gasteiger partial charge on any atom is -0.493 e. The Hall–Kier alpha value is -2.03. The van der Waals surface area contributed by atoms with Crippen molar-refractivity contribution in [1.29, 1.82) is 0 Å². The van der Waals surface area contributed by atoms with E-state index in [1.54, 1.807) is 6.08 Å². The summed E-state index contributed by atoms with van der Waals surface area (Å²) in [5.41, 5.74) is 0.883. The van der Waals surface area contributed by atoms with Crippen molar-refractivity contribution < 1.29 is 9.47 Å². The second-order valence-electron chi connectivity index (χ2n) is 5.11. The molecule has 20 heavy (non-hydrogen) atoms. The Morgan fingerprint density at radius 1 is 1.25 bits per heavy atom. The van der Waals surface area contributed by atoms with Crippen molar-refractivity contribution in [3.63, 3.8) is 0 Å². The van der Waals surface area contributed by atoms with Crippen molar-refractivity contribution in [3.8, 4) is 11.6 Å². The van der Waals surface area contributed by atoms with E-state index in [4.69, 9.17) is 9.47 Å². The number of rotatable bonds is 7. The van der Waals surface area contributed by atoms with Crippen molar-refractivity contribution in [1.82, 2.24) is 4.98 Å². The van der Waals surface area contributed by atoms with Gasteiger partial charge in [0.05, 0.1) is 12.1 Å². The lowest BCUT2D eigenvalue weighted by Gasteiger charge is -2.12. The Balaban J connectivity index is 2.26. The number of para-hydroxylation sites is 1. The molecule has 0 N–H and O–H groups in total. The van der Waals surface area contributed by atoms with E-state index >= 15 is 0 Å². The first-order valence-electron chi connectivity index (χ1n) is 6.97. The lowest BCUT2D eigenvalue weighted by Crippen LogP contribution is -2.03. The van der Waals surface area contributed by atoms with Crippen LogP contribution in [0, 0.1) is 5.92 Å². The molecule has 0 saturated heterocycles. The normalized spacial score (nSPS) is 10.8. The fraction of sp³-hybridized carbons (Fsp3) is 0.353. The first-order chi connectivity index (χ1) is 9.70. The molecule has 1 aromatic carbocycles. The third kappa shape index (κ3) is 3.73. The van der Waals surface area contributed by atoms with Gasteiger partial charge in [0, 0.05) is 11.5 Å². The maximum Gasteiger partial charge on any atom is 0.217 e. The highest BCUT2D eigenvalue weighted by Crippen LogP contribution is 2.28. The number of nitrogens with zero attached hydrogens (tertiary/aromatic N) is 1. The molecular formula is C17H21NO2. The summed E-state index contributed by atoms with van der Waals surface area (Å²) in [5, 5.41) is 1.02. The summed E-state index contributed by atoms with van der Waals surface area (Å²) in [5.74, 6) is 2.03. The molecule has 1 heterocycles. The summed E-state index contributed by atoms with van der Waals surface area (Å²) >= 11 is 0. The highest BCUT2D eigenvalue weighted by molar-refractivity contribution is 5.85. The van der Waals surface area contributed by atoms with Gasteiger partial charge in [0.25, 0.3) is 0 Å². The first-order valence-corrected chi connectivity index (χ1v) is 6.97. The number of pyridine rings is 1. The maximum atomic E-state index is 5.90. The smallest absolute Gasteiger partial charge is 0.217 e. The van der Waals surface area contributed by atoms with Crippen molar-refractivity contribution in [2.24, 2.45) is 5.92 Å². The zero-order chi connectivity index (χ0) is 14.4. The van der Waals surface area contributed by atoms with Crippen molar-refractivity contribution >= 4 is 10.9 Å². The molecule has 0 spiro atoms. The molecule has 0 aliphatic rings. The number of fused-ring (bicyclic) bond motifs is 1. The molecule has 0 radical (unpaired) electrons. The Morgan fingerprint density at radius 2 is 2.05 bits per heavy atom. The van der Waals surface area contributed by atoms with Crippen molar-refractivity contribution in [2.45, 2.75) is 20.3 Å². The summed E-state index contributed by atoms with van der Waals surface area (Å²) in [4.78, 5) is 4.47. The predicted molar refractivity (Wildman–Crippen MR) is 82.4 cm³/mol. The monoisotopic (exact) mass is 271 g/mol. The van der Waals surface area contributed by atoms with E-state index in [9.17, 15) is 0 Å². The lowest BCUT2D eigenvalue weighted by molar-refractivity contribution is 0.288. The highest BCUT2D eigenvalue weighted by Gasteiger charge is 2.07. The molecule has 0 fully saturated rings. The Morgan fingerprint density at radius 3 is 2.80 bits per heavy atom. The van der Waals surface area contributed by atoms with E-state index in [-0.39, 0.29) is 0 Å². The van der Waals surface area contributed by atoms with Gasteiger partial charge in [-0.15, -0.1) is 0 Å². The first kappa shape index (κ1) is 14.4. The van der Waals surface area contributed by atoms with Crippen molar-refractivity contribution in [2.75, 3.05) is 13.2 Å². The highest BCUT2D eigenvalue weighted by atomic mass is 16.5. The quantitative estimate of drug-likeness (QED) is 0.706. The number of ether oxygens (including phenoxy) is 2. The lowest BCUT2D eigenvalue weighted by atomic mass is 10.1. The third-order valence-electron chi connectivity index (χ3n) is 2.96. The van der Waals surface area contributed by atoms with Gasteiger partial charge in [0.2, 0.25) is 5.88 Å². The van der Waals surface area contributed by atoms with Crippen LogP contribution < -0.4 is 9.47 Å². The molecule has 3 nitrogen and oxygen atoms in total. The van der Waals surface area contributed by atoms with Gasteiger partial charge in [-0.1, -0.05) is 38.6 Å². The fourth-order valence-corrected chi connectivity index (χ4v) is 1.86. The standard InChI is InChI=1S/C17H21NO2/c1-4-10-20-17-12-16(19-11-9-13(2)3)14-7-5-6-8-15(14)18-17/h4-8,12-13H,1,9-11H2,2-3H3. The van der Waals surface area contributed by atoms with Crippen LogP contribution in [-0.2, 0) is 0 Å². The van der Waals surface area contributed by atoms with Gasteiger partial charge >= 0.3 is 0 Å². The van der Waals surface area contributed by atoms with Crippen LogP contribution in [0.25, 0.3) is 10.9 Å². The predicted octanol–water partition coefficient (Wildman–Crippen LogP) is 4.22. The molecule has 0 aliphatic carbocycles. The van der Waals surface area contributed by atoms with E-state index in [2.05, 4.69) is 25.4 Å². The van der Waals surface area contributed by atoms with E-state index in [0.717, 1.165) is 23.1 Å². The van der Waals surface area contributed by atoms with E-state index < -0.39 is 0 Å². The molecule has 0 amide bonds. The molecule has 106 valence electrons. The number of hydrogen-bond donors (Lipinski definition) is 0. The van der Waals surface area contributed by atoms with Crippen LogP contribution in [-0.4, -0.2) is 18.2 Å². The molecular weight excluding hydrogens is 250 g/mol. The van der Waals surface area contributed by atoms with Crippen LogP contribution in [0.2, 0.25) is 0 Å². The molecule has 1 aromatic heterocycles. The Kier molecular flexibility index (Phi) is 4.99. The number of hydrogen-bond acceptors (Lipinski definition) is 3. The summed E-state index contributed by atoms with van der Waals surface area (Å²) < 4.78 is 11.4. The van der Waals surface area contributed by atoms with Crippen LogP contribution in [0.1, 0.15) is 20.3 Å². The zero-order valence-electron chi connectivity index (χ0n) is 12.1. The molecule has 0 saturated carbocycles. The van der Waals surface area contributed by atoms with Gasteiger partial charge in [0.15, 0.2) is 0 Å². The van der Waals surface area contributed by atoms with Gasteiger partial charge in [-0.2, -0.15) is 0 Å². The summed E-state index contributed by atoms with van der Waals surface area (Å²) in [6.45, 7) is 9.16. The minimum absolute atomic E-state index is 0.441. The second kappa shape index (κ2) is 6.94. The SMILES string of the molecule is C=CCOc1cc(OCCC(C)C)c2ccccc2n1. The summed E-state index contributed by atoms with van der Waals surface area (Å²) in [6.07, 6.45) is 2.73. The zero-order valence-corrected chi connectivity index (χ0v) is 12.1. The van der Waals surface area contributed by atoms with Crippen LogP contribution >= 0.6 is 0 Å². The molecule has 0 aliphatic heterocycles. The molecule has 0 bridgehead atoms.